The summed E-state index contributed by atoms with van der Waals surface area (Å²) in [7, 11) is 1.62. The van der Waals surface area contributed by atoms with Crippen LogP contribution in [0.15, 0.2) is 0 Å². The standard InChI is InChI=1S/C7H18N2O/c1-6-9(8-10-5)7(2,3)4/h8H,6H2,1-5H3. The van der Waals surface area contributed by atoms with E-state index in [2.05, 4.69) is 33.3 Å². The minimum absolute atomic E-state index is 0.116. The number of hydrazine groups is 1. The Balaban J connectivity index is 3.81. The SMILES string of the molecule is CCN(NOC)C(C)(C)C. The van der Waals surface area contributed by atoms with Crippen LogP contribution in [0.5, 0.6) is 0 Å². The quantitative estimate of drug-likeness (QED) is 0.605. The van der Waals surface area contributed by atoms with Crippen LogP contribution in [0.1, 0.15) is 27.7 Å². The Morgan fingerprint density at radius 2 is 1.90 bits per heavy atom. The molecule has 0 fully saturated rings. The first-order chi connectivity index (χ1) is 4.52. The third kappa shape index (κ3) is 3.15. The second-order valence-electron chi connectivity index (χ2n) is 3.21. The summed E-state index contributed by atoms with van der Waals surface area (Å²) in [6, 6.07) is 0. The van der Waals surface area contributed by atoms with Crippen molar-refractivity contribution in [3.63, 3.8) is 0 Å². The summed E-state index contributed by atoms with van der Waals surface area (Å²) in [6.45, 7) is 9.39. The molecule has 0 aromatic rings. The van der Waals surface area contributed by atoms with Crippen LogP contribution < -0.4 is 5.59 Å². The maximum Gasteiger partial charge on any atom is 0.0588 e. The van der Waals surface area contributed by atoms with Crippen molar-refractivity contribution >= 4 is 0 Å². The highest BCUT2D eigenvalue weighted by Crippen LogP contribution is 2.08. The van der Waals surface area contributed by atoms with Crippen LogP contribution in [0.4, 0.5) is 0 Å². The second-order valence-corrected chi connectivity index (χ2v) is 3.21. The summed E-state index contributed by atoms with van der Waals surface area (Å²) in [4.78, 5) is 4.80. The van der Waals surface area contributed by atoms with E-state index in [1.54, 1.807) is 7.11 Å². The minimum atomic E-state index is 0.116. The molecule has 0 saturated carbocycles. The molecule has 0 saturated heterocycles. The zero-order chi connectivity index (χ0) is 8.20. The van der Waals surface area contributed by atoms with E-state index < -0.39 is 0 Å². The van der Waals surface area contributed by atoms with Crippen molar-refractivity contribution in [2.24, 2.45) is 0 Å². The molecule has 0 unspecified atom stereocenters. The number of nitrogens with zero attached hydrogens (tertiary/aromatic N) is 1. The number of rotatable bonds is 3. The van der Waals surface area contributed by atoms with Gasteiger partial charge in [-0.15, -0.1) is 5.59 Å². The monoisotopic (exact) mass is 146 g/mol. The Morgan fingerprint density at radius 1 is 1.40 bits per heavy atom. The molecule has 0 aliphatic carbocycles. The zero-order valence-corrected chi connectivity index (χ0v) is 7.56. The molecule has 62 valence electrons. The molecule has 0 bridgehead atoms. The van der Waals surface area contributed by atoms with Gasteiger partial charge in [-0.2, -0.15) is 0 Å². The lowest BCUT2D eigenvalue weighted by molar-refractivity contribution is -0.0970. The molecule has 0 rings (SSSR count). The van der Waals surface area contributed by atoms with Crippen molar-refractivity contribution in [1.82, 2.24) is 10.6 Å². The summed E-state index contributed by atoms with van der Waals surface area (Å²) < 4.78 is 0. The van der Waals surface area contributed by atoms with Gasteiger partial charge in [-0.3, -0.25) is 4.84 Å². The molecule has 0 radical (unpaired) electrons. The molecule has 0 heterocycles. The van der Waals surface area contributed by atoms with Crippen LogP contribution in [0.25, 0.3) is 0 Å². The first-order valence-corrected chi connectivity index (χ1v) is 3.58. The maximum absolute atomic E-state index is 4.80. The van der Waals surface area contributed by atoms with Crippen LogP contribution in [0.2, 0.25) is 0 Å². The maximum atomic E-state index is 4.80. The van der Waals surface area contributed by atoms with Crippen LogP contribution in [-0.4, -0.2) is 24.2 Å². The molecule has 3 heteroatoms. The molecular formula is C7H18N2O. The van der Waals surface area contributed by atoms with Crippen LogP contribution in [0.3, 0.4) is 0 Å². The third-order valence-electron chi connectivity index (χ3n) is 1.33. The average Bonchev–Trinajstić information content (AvgIpc) is 1.80. The molecular weight excluding hydrogens is 128 g/mol. The van der Waals surface area contributed by atoms with Gasteiger partial charge in [0.15, 0.2) is 0 Å². The first kappa shape index (κ1) is 9.88. The fourth-order valence-electron chi connectivity index (χ4n) is 0.786. The highest BCUT2D eigenvalue weighted by atomic mass is 16.7. The second kappa shape index (κ2) is 3.91. The third-order valence-corrected chi connectivity index (χ3v) is 1.33. The van der Waals surface area contributed by atoms with Gasteiger partial charge in [0.05, 0.1) is 7.11 Å². The average molecular weight is 146 g/mol. The van der Waals surface area contributed by atoms with E-state index in [9.17, 15) is 0 Å². The normalized spacial score (nSPS) is 12.6. The van der Waals surface area contributed by atoms with E-state index in [4.69, 9.17) is 4.84 Å². The molecule has 10 heavy (non-hydrogen) atoms. The highest BCUT2D eigenvalue weighted by molar-refractivity contribution is 4.69. The van der Waals surface area contributed by atoms with Gasteiger partial charge in [-0.05, 0) is 20.8 Å². The van der Waals surface area contributed by atoms with Gasteiger partial charge in [0, 0.05) is 12.1 Å². The lowest BCUT2D eigenvalue weighted by atomic mass is 10.1. The smallest absolute Gasteiger partial charge is 0.0588 e. The predicted octanol–water partition coefficient (Wildman–Crippen LogP) is 1.17. The highest BCUT2D eigenvalue weighted by Gasteiger charge is 2.18. The van der Waals surface area contributed by atoms with E-state index >= 15 is 0 Å². The fourth-order valence-corrected chi connectivity index (χ4v) is 0.786. The molecule has 0 aliphatic heterocycles. The van der Waals surface area contributed by atoms with Crippen molar-refractivity contribution in [3.05, 3.63) is 0 Å². The molecule has 0 aliphatic rings. The number of hydrogen-bond donors (Lipinski definition) is 1. The molecule has 3 nitrogen and oxygen atoms in total. The Kier molecular flexibility index (Phi) is 3.86. The minimum Gasteiger partial charge on any atom is -0.290 e. The molecule has 0 aromatic carbocycles. The molecule has 0 spiro atoms. The summed E-state index contributed by atoms with van der Waals surface area (Å²) in [5, 5.41) is 2.02. The van der Waals surface area contributed by atoms with Gasteiger partial charge in [-0.1, -0.05) is 6.92 Å². The van der Waals surface area contributed by atoms with Crippen LogP contribution >= 0.6 is 0 Å². The van der Waals surface area contributed by atoms with Gasteiger partial charge >= 0.3 is 0 Å². The molecule has 0 amide bonds. The Labute approximate surface area is 63.3 Å². The van der Waals surface area contributed by atoms with Gasteiger partial charge in [-0.25, -0.2) is 5.01 Å². The summed E-state index contributed by atoms with van der Waals surface area (Å²) in [6.07, 6.45) is 0. The van der Waals surface area contributed by atoms with Crippen molar-refractivity contribution < 1.29 is 4.84 Å². The lowest BCUT2D eigenvalue weighted by Gasteiger charge is -2.33. The van der Waals surface area contributed by atoms with E-state index in [1.807, 2.05) is 5.01 Å². The number of hydrogen-bond acceptors (Lipinski definition) is 3. The van der Waals surface area contributed by atoms with E-state index in [1.165, 1.54) is 0 Å². The molecule has 0 aromatic heterocycles. The largest absolute Gasteiger partial charge is 0.290 e. The first-order valence-electron chi connectivity index (χ1n) is 3.58. The predicted molar refractivity (Wildman–Crippen MR) is 42.3 cm³/mol. The Hall–Kier alpha value is -0.120. The number of nitrogens with one attached hydrogen (secondary N) is 1. The van der Waals surface area contributed by atoms with Crippen LogP contribution in [-0.2, 0) is 4.84 Å². The molecule has 1 N–H and O–H groups in total. The Morgan fingerprint density at radius 3 is 2.00 bits per heavy atom. The lowest BCUT2D eigenvalue weighted by Crippen LogP contribution is -2.49. The molecule has 0 atom stereocenters. The van der Waals surface area contributed by atoms with Gasteiger partial charge in [0.25, 0.3) is 0 Å². The summed E-state index contributed by atoms with van der Waals surface area (Å²) in [5.41, 5.74) is 2.92. The van der Waals surface area contributed by atoms with Crippen molar-refractivity contribution in [2.75, 3.05) is 13.7 Å². The van der Waals surface area contributed by atoms with E-state index in [0.717, 1.165) is 6.54 Å². The van der Waals surface area contributed by atoms with E-state index in [0.29, 0.717) is 0 Å². The van der Waals surface area contributed by atoms with Crippen molar-refractivity contribution in [2.45, 2.75) is 33.2 Å². The summed E-state index contributed by atoms with van der Waals surface area (Å²) >= 11 is 0. The summed E-state index contributed by atoms with van der Waals surface area (Å²) in [5.74, 6) is 0. The Bertz CT molecular complexity index is 88.1. The van der Waals surface area contributed by atoms with Crippen LogP contribution in [0, 0.1) is 0 Å². The van der Waals surface area contributed by atoms with E-state index in [-0.39, 0.29) is 5.54 Å². The van der Waals surface area contributed by atoms with Crippen molar-refractivity contribution in [3.8, 4) is 0 Å². The van der Waals surface area contributed by atoms with Crippen molar-refractivity contribution in [1.29, 1.82) is 0 Å². The van der Waals surface area contributed by atoms with Gasteiger partial charge < -0.3 is 0 Å². The van der Waals surface area contributed by atoms with Gasteiger partial charge in [0.1, 0.15) is 0 Å². The fraction of sp³-hybridized carbons (Fsp3) is 1.00. The van der Waals surface area contributed by atoms with Gasteiger partial charge in [0.2, 0.25) is 0 Å². The zero-order valence-electron chi connectivity index (χ0n) is 7.56. The topological polar surface area (TPSA) is 24.5 Å².